The van der Waals surface area contributed by atoms with E-state index in [1.54, 1.807) is 6.07 Å². The summed E-state index contributed by atoms with van der Waals surface area (Å²) < 4.78 is 5.17. The predicted octanol–water partition coefficient (Wildman–Crippen LogP) is 1.94. The molecule has 2 rings (SSSR count). The lowest BCUT2D eigenvalue weighted by Crippen LogP contribution is -2.32. The zero-order chi connectivity index (χ0) is 13.5. The number of nitrogens with zero attached hydrogens (tertiary/aromatic N) is 1. The van der Waals surface area contributed by atoms with Gasteiger partial charge in [-0.2, -0.15) is 0 Å². The van der Waals surface area contributed by atoms with Crippen molar-refractivity contribution in [1.82, 2.24) is 10.2 Å². The summed E-state index contributed by atoms with van der Waals surface area (Å²) in [6, 6.07) is 1.57. The van der Waals surface area contributed by atoms with Crippen molar-refractivity contribution in [2.45, 2.75) is 32.2 Å². The molecule has 0 aliphatic carbocycles. The Morgan fingerprint density at radius 3 is 2.84 bits per heavy atom. The van der Waals surface area contributed by atoms with Crippen LogP contribution in [0.25, 0.3) is 0 Å². The fourth-order valence-electron chi connectivity index (χ4n) is 2.41. The van der Waals surface area contributed by atoms with Crippen LogP contribution in [0.2, 0.25) is 0 Å². The van der Waals surface area contributed by atoms with Crippen LogP contribution in [0.15, 0.2) is 16.7 Å². The molecule has 5 nitrogen and oxygen atoms in total. The van der Waals surface area contributed by atoms with E-state index in [4.69, 9.17) is 9.52 Å². The third kappa shape index (κ3) is 4.69. The highest BCUT2D eigenvalue weighted by molar-refractivity contribution is 5.87. The monoisotopic (exact) mass is 266 g/mol. The Morgan fingerprint density at radius 2 is 2.16 bits per heavy atom. The Kier molecular flexibility index (Phi) is 5.42. The van der Waals surface area contributed by atoms with Gasteiger partial charge in [-0.1, -0.05) is 6.42 Å². The summed E-state index contributed by atoms with van der Waals surface area (Å²) in [7, 11) is 0. The van der Waals surface area contributed by atoms with Gasteiger partial charge in [0, 0.05) is 0 Å². The van der Waals surface area contributed by atoms with Crippen LogP contribution in [0.4, 0.5) is 0 Å². The van der Waals surface area contributed by atoms with Crippen molar-refractivity contribution in [3.05, 3.63) is 23.7 Å². The zero-order valence-electron chi connectivity index (χ0n) is 11.2. The lowest BCUT2D eigenvalue weighted by atomic mass is 10.1. The number of likely N-dealkylation sites (tertiary alicyclic amines) is 1. The minimum Gasteiger partial charge on any atom is -0.478 e. The Balaban J connectivity index is 1.57. The second-order valence-corrected chi connectivity index (χ2v) is 5.04. The van der Waals surface area contributed by atoms with Gasteiger partial charge in [0.1, 0.15) is 12.0 Å². The van der Waals surface area contributed by atoms with Crippen molar-refractivity contribution in [3.63, 3.8) is 0 Å². The van der Waals surface area contributed by atoms with Crippen LogP contribution < -0.4 is 5.32 Å². The molecule has 1 fully saturated rings. The molecule has 1 aromatic heterocycles. The topological polar surface area (TPSA) is 65.7 Å². The van der Waals surface area contributed by atoms with Crippen molar-refractivity contribution in [2.24, 2.45) is 0 Å². The quantitative estimate of drug-likeness (QED) is 0.738. The maximum Gasteiger partial charge on any atom is 0.338 e. The summed E-state index contributed by atoms with van der Waals surface area (Å²) in [6.45, 7) is 5.14. The number of furan rings is 1. The van der Waals surface area contributed by atoms with E-state index in [-0.39, 0.29) is 5.56 Å². The lowest BCUT2D eigenvalue weighted by Gasteiger charge is -2.26. The first kappa shape index (κ1) is 14.1. The van der Waals surface area contributed by atoms with Gasteiger partial charge in [0.15, 0.2) is 0 Å². The first-order valence-corrected chi connectivity index (χ1v) is 6.99. The van der Waals surface area contributed by atoms with Gasteiger partial charge in [0.05, 0.1) is 12.1 Å². The van der Waals surface area contributed by atoms with Crippen LogP contribution in [0.3, 0.4) is 0 Å². The molecule has 106 valence electrons. The fourth-order valence-corrected chi connectivity index (χ4v) is 2.41. The molecule has 0 radical (unpaired) electrons. The first-order valence-electron chi connectivity index (χ1n) is 6.99. The number of hydrogen-bond donors (Lipinski definition) is 2. The van der Waals surface area contributed by atoms with Gasteiger partial charge in [-0.25, -0.2) is 4.79 Å². The Bertz CT molecular complexity index is 397. The van der Waals surface area contributed by atoms with Crippen molar-refractivity contribution < 1.29 is 14.3 Å². The van der Waals surface area contributed by atoms with E-state index in [0.29, 0.717) is 12.3 Å². The largest absolute Gasteiger partial charge is 0.478 e. The Labute approximate surface area is 113 Å². The normalized spacial score (nSPS) is 16.6. The maximum atomic E-state index is 10.7. The summed E-state index contributed by atoms with van der Waals surface area (Å²) in [5.74, 6) is -0.268. The van der Waals surface area contributed by atoms with Gasteiger partial charge in [-0.05, 0) is 51.5 Å². The third-order valence-corrected chi connectivity index (χ3v) is 3.48. The van der Waals surface area contributed by atoms with E-state index in [1.165, 1.54) is 38.6 Å². The molecule has 1 aliphatic heterocycles. The summed E-state index contributed by atoms with van der Waals surface area (Å²) in [5, 5.41) is 12.0. The van der Waals surface area contributed by atoms with Crippen molar-refractivity contribution >= 4 is 5.97 Å². The standard InChI is InChI=1S/C14H22N2O3/c17-14(18)12-9-13(19-11-12)10-15-5-4-8-16-6-2-1-3-7-16/h9,11,15H,1-8,10H2,(H,17,18). The van der Waals surface area contributed by atoms with Crippen LogP contribution in [0.1, 0.15) is 41.8 Å². The number of carboxylic acid groups (broad SMARTS) is 1. The Hall–Kier alpha value is -1.33. The average Bonchev–Trinajstić information content (AvgIpc) is 2.89. The number of aromatic carboxylic acids is 1. The summed E-state index contributed by atoms with van der Waals surface area (Å²) >= 11 is 0. The number of piperidine rings is 1. The molecule has 0 aromatic carbocycles. The van der Waals surface area contributed by atoms with Crippen molar-refractivity contribution in [2.75, 3.05) is 26.2 Å². The van der Waals surface area contributed by atoms with Crippen LogP contribution in [0, 0.1) is 0 Å². The minimum absolute atomic E-state index is 0.213. The summed E-state index contributed by atoms with van der Waals surface area (Å²) in [6.07, 6.45) is 6.44. The van der Waals surface area contributed by atoms with E-state index in [0.717, 1.165) is 19.5 Å². The summed E-state index contributed by atoms with van der Waals surface area (Å²) in [4.78, 5) is 13.2. The smallest absolute Gasteiger partial charge is 0.338 e. The SMILES string of the molecule is O=C(O)c1coc(CNCCCN2CCCCC2)c1. The number of rotatable bonds is 7. The molecule has 0 amide bonds. The lowest BCUT2D eigenvalue weighted by molar-refractivity contribution is 0.0696. The molecule has 2 N–H and O–H groups in total. The highest BCUT2D eigenvalue weighted by Crippen LogP contribution is 2.09. The fraction of sp³-hybridized carbons (Fsp3) is 0.643. The molecule has 1 aliphatic rings. The molecule has 0 saturated carbocycles. The van der Waals surface area contributed by atoms with Crippen LogP contribution >= 0.6 is 0 Å². The molecule has 1 aromatic rings. The third-order valence-electron chi connectivity index (χ3n) is 3.48. The second kappa shape index (κ2) is 7.31. The minimum atomic E-state index is -0.944. The maximum absolute atomic E-state index is 10.7. The van der Waals surface area contributed by atoms with E-state index in [2.05, 4.69) is 10.2 Å². The van der Waals surface area contributed by atoms with Crippen LogP contribution in [0.5, 0.6) is 0 Å². The predicted molar refractivity (Wildman–Crippen MR) is 72.3 cm³/mol. The van der Waals surface area contributed by atoms with Crippen LogP contribution in [-0.4, -0.2) is 42.2 Å². The van der Waals surface area contributed by atoms with Gasteiger partial charge in [-0.15, -0.1) is 0 Å². The number of carbonyl (C=O) groups is 1. The zero-order valence-corrected chi connectivity index (χ0v) is 11.2. The highest BCUT2D eigenvalue weighted by Gasteiger charge is 2.09. The van der Waals surface area contributed by atoms with Gasteiger partial charge in [-0.3, -0.25) is 0 Å². The van der Waals surface area contributed by atoms with E-state index in [9.17, 15) is 4.79 Å². The first-order chi connectivity index (χ1) is 9.25. The van der Waals surface area contributed by atoms with Crippen molar-refractivity contribution in [1.29, 1.82) is 0 Å². The molecule has 0 bridgehead atoms. The molecule has 5 heteroatoms. The van der Waals surface area contributed by atoms with E-state index in [1.807, 2.05) is 0 Å². The van der Waals surface area contributed by atoms with Crippen molar-refractivity contribution in [3.8, 4) is 0 Å². The molecule has 0 spiro atoms. The van der Waals surface area contributed by atoms with Gasteiger partial charge in [0.25, 0.3) is 0 Å². The number of hydrogen-bond acceptors (Lipinski definition) is 4. The molecular formula is C14H22N2O3. The van der Waals surface area contributed by atoms with E-state index < -0.39 is 5.97 Å². The molecule has 0 atom stereocenters. The number of nitrogens with one attached hydrogen (secondary N) is 1. The second-order valence-electron chi connectivity index (χ2n) is 5.04. The van der Waals surface area contributed by atoms with Crippen LogP contribution in [-0.2, 0) is 6.54 Å². The molecule has 1 saturated heterocycles. The molecule has 0 unspecified atom stereocenters. The molecular weight excluding hydrogens is 244 g/mol. The number of carboxylic acids is 1. The van der Waals surface area contributed by atoms with E-state index >= 15 is 0 Å². The molecule has 19 heavy (non-hydrogen) atoms. The highest BCUT2D eigenvalue weighted by atomic mass is 16.4. The van der Waals surface area contributed by atoms with Gasteiger partial charge >= 0.3 is 5.97 Å². The molecule has 2 heterocycles. The Morgan fingerprint density at radius 1 is 1.37 bits per heavy atom. The van der Waals surface area contributed by atoms with Gasteiger partial charge < -0.3 is 19.7 Å². The average molecular weight is 266 g/mol. The van der Waals surface area contributed by atoms with Gasteiger partial charge in [0.2, 0.25) is 0 Å². The summed E-state index contributed by atoms with van der Waals surface area (Å²) in [5.41, 5.74) is 0.213.